The van der Waals surface area contributed by atoms with Crippen LogP contribution in [-0.2, 0) is 0 Å². The number of nitrogens with zero attached hydrogens (tertiary/aromatic N) is 1. The summed E-state index contributed by atoms with van der Waals surface area (Å²) in [5, 5.41) is 0. The van der Waals surface area contributed by atoms with Crippen molar-refractivity contribution in [3.63, 3.8) is 0 Å². The van der Waals surface area contributed by atoms with Crippen LogP contribution in [0.5, 0.6) is 0 Å². The minimum Gasteiger partial charge on any atom is -0.288 e. The van der Waals surface area contributed by atoms with Gasteiger partial charge in [-0.25, -0.2) is 0 Å². The lowest BCUT2D eigenvalue weighted by atomic mass is 10.1. The Morgan fingerprint density at radius 1 is 0.833 bits per heavy atom. The Hall–Kier alpha value is -2.55. The van der Waals surface area contributed by atoms with E-state index in [1.165, 1.54) is 0 Å². The number of hydrogen-bond donors (Lipinski definition) is 0. The number of carbonyl (C=O) groups excluding carboxylic acids is 2. The second kappa shape index (κ2) is 4.04. The Kier molecular flexibility index (Phi) is 2.38. The molecule has 0 saturated carbocycles. The highest BCUT2D eigenvalue weighted by Crippen LogP contribution is 2.27. The van der Waals surface area contributed by atoms with Crippen molar-refractivity contribution in [2.45, 2.75) is 0 Å². The number of carbonyl (C=O) groups is 2. The number of Topliss-reactive ketones (excluding diaryl/α,β-unsaturated/α-hetero) is 2. The molecule has 1 aliphatic rings. The van der Waals surface area contributed by atoms with Crippen LogP contribution in [0.4, 0.5) is 0 Å². The molecular formula is C15H9NO2. The van der Waals surface area contributed by atoms with Crippen LogP contribution in [0.3, 0.4) is 0 Å². The fourth-order valence-corrected chi connectivity index (χ4v) is 2.03. The Labute approximate surface area is 104 Å². The first-order chi connectivity index (χ1) is 8.77. The molecule has 0 bridgehead atoms. The van der Waals surface area contributed by atoms with Gasteiger partial charge in [0.2, 0.25) is 0 Å². The summed E-state index contributed by atoms with van der Waals surface area (Å²) in [6, 6.07) is 10.4. The number of hydrogen-bond acceptors (Lipinski definition) is 3. The SMILES string of the molecule is O=C1C(=Cc2ccncc2)C(=O)c2ccccc21. The molecule has 3 heteroatoms. The Balaban J connectivity index is 2.10. The van der Waals surface area contributed by atoms with Crippen LogP contribution in [0.1, 0.15) is 26.3 Å². The van der Waals surface area contributed by atoms with E-state index in [0.29, 0.717) is 11.1 Å². The molecule has 18 heavy (non-hydrogen) atoms. The van der Waals surface area contributed by atoms with Crippen molar-refractivity contribution in [1.29, 1.82) is 0 Å². The molecule has 3 nitrogen and oxygen atoms in total. The molecule has 0 amide bonds. The van der Waals surface area contributed by atoms with Gasteiger partial charge in [-0.15, -0.1) is 0 Å². The second-order valence-electron chi connectivity index (χ2n) is 4.04. The third-order valence-corrected chi connectivity index (χ3v) is 2.92. The zero-order chi connectivity index (χ0) is 12.5. The zero-order valence-electron chi connectivity index (χ0n) is 9.46. The normalized spacial score (nSPS) is 13.7. The van der Waals surface area contributed by atoms with Gasteiger partial charge in [0.1, 0.15) is 0 Å². The van der Waals surface area contributed by atoms with Crippen LogP contribution in [0.15, 0.2) is 54.4 Å². The minimum absolute atomic E-state index is 0.201. The third-order valence-electron chi connectivity index (χ3n) is 2.92. The van der Waals surface area contributed by atoms with E-state index in [2.05, 4.69) is 4.98 Å². The number of fused-ring (bicyclic) bond motifs is 1. The molecule has 0 radical (unpaired) electrons. The van der Waals surface area contributed by atoms with E-state index < -0.39 is 0 Å². The van der Waals surface area contributed by atoms with Gasteiger partial charge in [0.25, 0.3) is 0 Å². The van der Waals surface area contributed by atoms with Crippen molar-refractivity contribution in [2.75, 3.05) is 0 Å². The van der Waals surface area contributed by atoms with Crippen molar-refractivity contribution in [2.24, 2.45) is 0 Å². The lowest BCUT2D eigenvalue weighted by molar-refractivity contribution is 0.0990. The fourth-order valence-electron chi connectivity index (χ4n) is 2.03. The van der Waals surface area contributed by atoms with Crippen molar-refractivity contribution >= 4 is 17.6 Å². The number of benzene rings is 1. The standard InChI is InChI=1S/C15H9NO2/c17-14-11-3-1-2-4-12(11)15(18)13(14)9-10-5-7-16-8-6-10/h1-9H. The number of aromatic nitrogens is 1. The van der Waals surface area contributed by atoms with E-state index in [9.17, 15) is 9.59 Å². The van der Waals surface area contributed by atoms with Gasteiger partial charge in [0.15, 0.2) is 11.6 Å². The lowest BCUT2D eigenvalue weighted by Gasteiger charge is -1.94. The Morgan fingerprint density at radius 2 is 1.39 bits per heavy atom. The smallest absolute Gasteiger partial charge is 0.197 e. The highest BCUT2D eigenvalue weighted by molar-refractivity contribution is 6.41. The molecule has 2 aromatic rings. The largest absolute Gasteiger partial charge is 0.288 e. The summed E-state index contributed by atoms with van der Waals surface area (Å²) in [7, 11) is 0. The molecule has 0 aliphatic heterocycles. The lowest BCUT2D eigenvalue weighted by Crippen LogP contribution is -2.00. The van der Waals surface area contributed by atoms with Crippen molar-refractivity contribution in [3.05, 3.63) is 71.1 Å². The van der Waals surface area contributed by atoms with Crippen LogP contribution >= 0.6 is 0 Å². The fraction of sp³-hybridized carbons (Fsp3) is 0. The van der Waals surface area contributed by atoms with Crippen molar-refractivity contribution in [3.8, 4) is 0 Å². The summed E-state index contributed by atoms with van der Waals surface area (Å²) in [6.07, 6.45) is 4.87. The predicted molar refractivity (Wildman–Crippen MR) is 67.3 cm³/mol. The average Bonchev–Trinajstić information content (AvgIpc) is 2.66. The van der Waals surface area contributed by atoms with Crippen LogP contribution < -0.4 is 0 Å². The van der Waals surface area contributed by atoms with Gasteiger partial charge in [0, 0.05) is 23.5 Å². The van der Waals surface area contributed by atoms with Gasteiger partial charge in [-0.05, 0) is 23.8 Å². The van der Waals surface area contributed by atoms with Gasteiger partial charge in [-0.3, -0.25) is 14.6 Å². The summed E-state index contributed by atoms with van der Waals surface area (Å²) >= 11 is 0. The van der Waals surface area contributed by atoms with E-state index in [-0.39, 0.29) is 17.1 Å². The first kappa shape index (κ1) is 10.6. The molecule has 1 aliphatic carbocycles. The molecule has 0 N–H and O–H groups in total. The summed E-state index contributed by atoms with van der Waals surface area (Å²) in [5.41, 5.74) is 2.00. The maximum atomic E-state index is 12.1. The van der Waals surface area contributed by atoms with Crippen LogP contribution in [0.25, 0.3) is 6.08 Å². The van der Waals surface area contributed by atoms with E-state index in [1.54, 1.807) is 54.9 Å². The summed E-state index contributed by atoms with van der Waals surface area (Å²) in [4.78, 5) is 28.1. The summed E-state index contributed by atoms with van der Waals surface area (Å²) in [6.45, 7) is 0. The molecule has 0 spiro atoms. The average molecular weight is 235 g/mol. The first-order valence-corrected chi connectivity index (χ1v) is 5.57. The maximum absolute atomic E-state index is 12.1. The molecule has 0 fully saturated rings. The van der Waals surface area contributed by atoms with Crippen LogP contribution in [-0.4, -0.2) is 16.6 Å². The van der Waals surface area contributed by atoms with Crippen LogP contribution in [0.2, 0.25) is 0 Å². The quantitative estimate of drug-likeness (QED) is 0.563. The molecule has 1 aromatic carbocycles. The molecule has 0 saturated heterocycles. The molecule has 0 atom stereocenters. The van der Waals surface area contributed by atoms with Gasteiger partial charge in [-0.1, -0.05) is 24.3 Å². The molecule has 0 unspecified atom stereocenters. The van der Waals surface area contributed by atoms with Crippen molar-refractivity contribution in [1.82, 2.24) is 4.98 Å². The Morgan fingerprint density at radius 3 is 1.94 bits per heavy atom. The van der Waals surface area contributed by atoms with Gasteiger partial charge in [0.05, 0.1) is 5.57 Å². The van der Waals surface area contributed by atoms with E-state index in [0.717, 1.165) is 5.56 Å². The second-order valence-corrected chi connectivity index (χ2v) is 4.04. The van der Waals surface area contributed by atoms with Crippen LogP contribution in [0, 0.1) is 0 Å². The highest BCUT2D eigenvalue weighted by atomic mass is 16.2. The van der Waals surface area contributed by atoms with Crippen molar-refractivity contribution < 1.29 is 9.59 Å². The summed E-state index contributed by atoms with van der Waals surface area (Å²) < 4.78 is 0. The van der Waals surface area contributed by atoms with E-state index in [1.807, 2.05) is 0 Å². The van der Waals surface area contributed by atoms with E-state index >= 15 is 0 Å². The molecule has 86 valence electrons. The topological polar surface area (TPSA) is 47.0 Å². The van der Waals surface area contributed by atoms with Gasteiger partial charge in [-0.2, -0.15) is 0 Å². The van der Waals surface area contributed by atoms with Gasteiger partial charge >= 0.3 is 0 Å². The molecule has 1 aromatic heterocycles. The number of pyridine rings is 1. The minimum atomic E-state index is -0.201. The number of allylic oxidation sites excluding steroid dienone is 1. The number of ketones is 2. The van der Waals surface area contributed by atoms with E-state index in [4.69, 9.17) is 0 Å². The van der Waals surface area contributed by atoms with Gasteiger partial charge < -0.3 is 0 Å². The predicted octanol–water partition coefficient (Wildman–Crippen LogP) is 2.54. The molecule has 1 heterocycles. The zero-order valence-corrected chi connectivity index (χ0v) is 9.46. The Bertz CT molecular complexity index is 635. The third kappa shape index (κ3) is 1.57. The summed E-state index contributed by atoms with van der Waals surface area (Å²) in [5.74, 6) is -0.403. The number of rotatable bonds is 1. The molecule has 3 rings (SSSR count). The first-order valence-electron chi connectivity index (χ1n) is 5.57. The molecular weight excluding hydrogens is 226 g/mol. The highest BCUT2D eigenvalue weighted by Gasteiger charge is 2.32. The maximum Gasteiger partial charge on any atom is 0.197 e. The monoisotopic (exact) mass is 235 g/mol.